The number of hydrogen-bond acceptors (Lipinski definition) is 4. The lowest BCUT2D eigenvalue weighted by Crippen LogP contribution is -2.48. The number of rotatable bonds is 5. The summed E-state index contributed by atoms with van der Waals surface area (Å²) in [6.07, 6.45) is 6.82. The SMILES string of the molecule is CCOC(=O)N1CCC(NC(N)=NCc2ccccc2-n2ccnc2)CC1. The van der Waals surface area contributed by atoms with Crippen LogP contribution < -0.4 is 11.1 Å². The van der Waals surface area contributed by atoms with Crippen LogP contribution in [0.3, 0.4) is 0 Å². The van der Waals surface area contributed by atoms with E-state index in [-0.39, 0.29) is 12.1 Å². The van der Waals surface area contributed by atoms with Crippen molar-refractivity contribution in [1.82, 2.24) is 19.8 Å². The van der Waals surface area contributed by atoms with Crippen molar-refractivity contribution in [2.24, 2.45) is 10.7 Å². The summed E-state index contributed by atoms with van der Waals surface area (Å²) in [4.78, 5) is 22.1. The second-order valence-corrected chi connectivity index (χ2v) is 6.40. The van der Waals surface area contributed by atoms with Crippen molar-refractivity contribution in [3.63, 3.8) is 0 Å². The van der Waals surface area contributed by atoms with Crippen LogP contribution in [0.5, 0.6) is 0 Å². The number of carbonyl (C=O) groups excluding carboxylic acids is 1. The Morgan fingerprint density at radius 1 is 1.37 bits per heavy atom. The molecule has 0 aliphatic carbocycles. The number of para-hydroxylation sites is 1. The van der Waals surface area contributed by atoms with Gasteiger partial charge in [0.15, 0.2) is 5.96 Å². The highest BCUT2D eigenvalue weighted by Crippen LogP contribution is 2.15. The van der Waals surface area contributed by atoms with Gasteiger partial charge in [-0.2, -0.15) is 0 Å². The third-order valence-corrected chi connectivity index (χ3v) is 4.57. The maximum Gasteiger partial charge on any atom is 0.409 e. The van der Waals surface area contributed by atoms with Crippen LogP contribution in [-0.2, 0) is 11.3 Å². The Bertz CT molecular complexity index is 766. The molecule has 0 bridgehead atoms. The molecule has 8 nitrogen and oxygen atoms in total. The molecule has 8 heteroatoms. The van der Waals surface area contributed by atoms with Crippen LogP contribution in [0.2, 0.25) is 0 Å². The van der Waals surface area contributed by atoms with Crippen LogP contribution in [0, 0.1) is 0 Å². The molecular weight excluding hydrogens is 344 g/mol. The number of ether oxygens (including phenoxy) is 1. The molecule has 144 valence electrons. The summed E-state index contributed by atoms with van der Waals surface area (Å²) in [6, 6.07) is 8.25. The molecule has 2 heterocycles. The molecule has 1 aliphatic heterocycles. The predicted octanol–water partition coefficient (Wildman–Crippen LogP) is 1.90. The van der Waals surface area contributed by atoms with Crippen LogP contribution in [0.25, 0.3) is 5.69 Å². The Labute approximate surface area is 159 Å². The molecule has 3 rings (SSSR count). The van der Waals surface area contributed by atoms with Gasteiger partial charge in [-0.3, -0.25) is 0 Å². The number of likely N-dealkylation sites (tertiary alicyclic amines) is 1. The molecule has 1 saturated heterocycles. The summed E-state index contributed by atoms with van der Waals surface area (Å²) in [6.45, 7) is 4.01. The molecule has 0 saturated carbocycles. The molecule has 3 N–H and O–H groups in total. The molecule has 0 spiro atoms. The summed E-state index contributed by atoms with van der Waals surface area (Å²) in [5, 5.41) is 3.26. The van der Waals surface area contributed by atoms with Gasteiger partial charge in [-0.05, 0) is 31.4 Å². The van der Waals surface area contributed by atoms with Gasteiger partial charge < -0.3 is 25.3 Å². The van der Waals surface area contributed by atoms with Gasteiger partial charge >= 0.3 is 6.09 Å². The van der Waals surface area contributed by atoms with Crippen LogP contribution in [0.15, 0.2) is 48.0 Å². The van der Waals surface area contributed by atoms with Crippen molar-refractivity contribution < 1.29 is 9.53 Å². The molecule has 0 radical (unpaired) electrons. The molecule has 0 unspecified atom stereocenters. The minimum atomic E-state index is -0.242. The number of guanidine groups is 1. The second-order valence-electron chi connectivity index (χ2n) is 6.40. The van der Waals surface area contributed by atoms with E-state index in [0.29, 0.717) is 32.2 Å². The Kier molecular flexibility index (Phi) is 6.30. The number of imidazole rings is 1. The monoisotopic (exact) mass is 370 g/mol. The van der Waals surface area contributed by atoms with Crippen LogP contribution in [0.1, 0.15) is 25.3 Å². The molecule has 1 aliphatic rings. The second kappa shape index (κ2) is 9.07. The number of carbonyl (C=O) groups is 1. The van der Waals surface area contributed by atoms with E-state index < -0.39 is 0 Å². The molecule has 1 aromatic heterocycles. The Hall–Kier alpha value is -3.03. The summed E-state index contributed by atoms with van der Waals surface area (Å²) in [5.41, 5.74) is 8.18. The topological polar surface area (TPSA) is 97.8 Å². The minimum Gasteiger partial charge on any atom is -0.450 e. The van der Waals surface area contributed by atoms with Gasteiger partial charge in [0.25, 0.3) is 0 Å². The van der Waals surface area contributed by atoms with E-state index in [2.05, 4.69) is 15.3 Å². The first-order valence-electron chi connectivity index (χ1n) is 9.21. The first-order valence-corrected chi connectivity index (χ1v) is 9.21. The largest absolute Gasteiger partial charge is 0.450 e. The van der Waals surface area contributed by atoms with E-state index in [4.69, 9.17) is 10.5 Å². The number of piperidine rings is 1. The highest BCUT2D eigenvalue weighted by molar-refractivity contribution is 5.78. The lowest BCUT2D eigenvalue weighted by atomic mass is 10.1. The fourth-order valence-corrected chi connectivity index (χ4v) is 3.14. The van der Waals surface area contributed by atoms with Gasteiger partial charge in [0.05, 0.1) is 25.2 Å². The van der Waals surface area contributed by atoms with Crippen molar-refractivity contribution >= 4 is 12.1 Å². The third-order valence-electron chi connectivity index (χ3n) is 4.57. The van der Waals surface area contributed by atoms with Crippen molar-refractivity contribution in [3.05, 3.63) is 48.5 Å². The fourth-order valence-electron chi connectivity index (χ4n) is 3.14. The molecule has 2 aromatic rings. The number of benzene rings is 1. The van der Waals surface area contributed by atoms with Crippen LogP contribution >= 0.6 is 0 Å². The van der Waals surface area contributed by atoms with Crippen LogP contribution in [-0.4, -0.2) is 52.2 Å². The summed E-state index contributed by atoms with van der Waals surface area (Å²) < 4.78 is 7.00. The highest BCUT2D eigenvalue weighted by atomic mass is 16.6. The number of aromatic nitrogens is 2. The fraction of sp³-hybridized carbons (Fsp3) is 0.421. The maximum atomic E-state index is 11.7. The zero-order valence-electron chi connectivity index (χ0n) is 15.5. The number of nitrogens with one attached hydrogen (secondary N) is 1. The number of aliphatic imine (C=N–C) groups is 1. The molecule has 1 amide bonds. The Balaban J connectivity index is 1.53. The summed E-state index contributed by atoms with van der Waals surface area (Å²) >= 11 is 0. The molecule has 1 fully saturated rings. The normalized spacial score (nSPS) is 15.6. The predicted molar refractivity (Wildman–Crippen MR) is 104 cm³/mol. The average molecular weight is 370 g/mol. The number of amides is 1. The minimum absolute atomic E-state index is 0.211. The highest BCUT2D eigenvalue weighted by Gasteiger charge is 2.23. The first-order chi connectivity index (χ1) is 13.2. The van der Waals surface area contributed by atoms with Gasteiger partial charge in [0.2, 0.25) is 0 Å². The molecule has 1 aromatic carbocycles. The zero-order valence-corrected chi connectivity index (χ0v) is 15.5. The van der Waals surface area contributed by atoms with Crippen molar-refractivity contribution in [2.45, 2.75) is 32.4 Å². The number of nitrogens with two attached hydrogens (primary N) is 1. The van der Waals surface area contributed by atoms with Gasteiger partial charge in [0.1, 0.15) is 0 Å². The lowest BCUT2D eigenvalue weighted by molar-refractivity contribution is 0.0963. The first kappa shape index (κ1) is 18.8. The quantitative estimate of drug-likeness (QED) is 0.619. The molecule has 0 atom stereocenters. The summed E-state index contributed by atoms with van der Waals surface area (Å²) in [7, 11) is 0. The average Bonchev–Trinajstić information content (AvgIpc) is 3.22. The van der Waals surface area contributed by atoms with Gasteiger partial charge in [-0.1, -0.05) is 18.2 Å². The van der Waals surface area contributed by atoms with E-state index in [0.717, 1.165) is 24.1 Å². The van der Waals surface area contributed by atoms with Crippen molar-refractivity contribution in [1.29, 1.82) is 0 Å². The van der Waals surface area contributed by atoms with E-state index in [9.17, 15) is 4.79 Å². The standard InChI is InChI=1S/C19H26N6O2/c1-2-27-19(26)24-10-7-16(8-11-24)23-18(20)22-13-15-5-3-4-6-17(15)25-12-9-21-14-25/h3-6,9,12,14,16H,2,7-8,10-11,13H2,1H3,(H3,20,22,23). The zero-order chi connectivity index (χ0) is 19.1. The van der Waals surface area contributed by atoms with Gasteiger partial charge in [0, 0.05) is 31.5 Å². The Morgan fingerprint density at radius 2 is 2.15 bits per heavy atom. The molecule has 27 heavy (non-hydrogen) atoms. The number of hydrogen-bond donors (Lipinski definition) is 2. The van der Waals surface area contributed by atoms with Gasteiger partial charge in [-0.15, -0.1) is 0 Å². The number of nitrogens with zero attached hydrogens (tertiary/aromatic N) is 4. The summed E-state index contributed by atoms with van der Waals surface area (Å²) in [5.74, 6) is 0.421. The lowest BCUT2D eigenvalue weighted by Gasteiger charge is -2.31. The maximum absolute atomic E-state index is 11.7. The van der Waals surface area contributed by atoms with E-state index in [1.54, 1.807) is 17.4 Å². The van der Waals surface area contributed by atoms with E-state index in [1.807, 2.05) is 42.0 Å². The van der Waals surface area contributed by atoms with Crippen LogP contribution in [0.4, 0.5) is 4.79 Å². The van der Waals surface area contributed by atoms with Crippen molar-refractivity contribution in [2.75, 3.05) is 19.7 Å². The molecular formula is C19H26N6O2. The van der Waals surface area contributed by atoms with Crippen molar-refractivity contribution in [3.8, 4) is 5.69 Å². The van der Waals surface area contributed by atoms with E-state index >= 15 is 0 Å². The smallest absolute Gasteiger partial charge is 0.409 e. The van der Waals surface area contributed by atoms with Gasteiger partial charge in [-0.25, -0.2) is 14.8 Å². The third kappa shape index (κ3) is 4.99. The Morgan fingerprint density at radius 3 is 2.85 bits per heavy atom. The van der Waals surface area contributed by atoms with E-state index in [1.165, 1.54) is 0 Å².